The van der Waals surface area contributed by atoms with E-state index in [0.29, 0.717) is 12.2 Å². The summed E-state index contributed by atoms with van der Waals surface area (Å²) in [5.74, 6) is 1.32. The Morgan fingerprint density at radius 2 is 1.57 bits per heavy atom. The van der Waals surface area contributed by atoms with Crippen LogP contribution in [-0.2, 0) is 6.54 Å². The number of nitrogens with zero attached hydrogens (tertiary/aromatic N) is 2. The van der Waals surface area contributed by atoms with Crippen molar-refractivity contribution < 1.29 is 9.53 Å². The van der Waals surface area contributed by atoms with E-state index >= 15 is 0 Å². The van der Waals surface area contributed by atoms with E-state index in [-0.39, 0.29) is 5.91 Å². The molecule has 2 aromatic heterocycles. The molecule has 30 heavy (non-hydrogen) atoms. The van der Waals surface area contributed by atoms with E-state index in [9.17, 15) is 4.79 Å². The van der Waals surface area contributed by atoms with Crippen molar-refractivity contribution in [2.75, 3.05) is 5.32 Å². The minimum atomic E-state index is -0.229. The first kappa shape index (κ1) is 19.1. The fraction of sp³-hybridized carbons (Fsp3) is 0.0417. The molecule has 0 unspecified atom stereocenters. The van der Waals surface area contributed by atoms with Crippen molar-refractivity contribution in [1.29, 1.82) is 0 Å². The molecule has 0 saturated carbocycles. The molecule has 1 amide bonds. The average Bonchev–Trinajstić information content (AvgIpc) is 2.81. The Kier molecular flexibility index (Phi) is 5.96. The highest BCUT2D eigenvalue weighted by molar-refractivity contribution is 5.92. The fourth-order valence-electron chi connectivity index (χ4n) is 2.78. The number of carbonyl (C=O) groups excluding carboxylic acids is 1. The molecule has 0 aliphatic heterocycles. The molecule has 0 spiro atoms. The normalized spacial score (nSPS) is 10.3. The summed E-state index contributed by atoms with van der Waals surface area (Å²) in [6, 6.07) is 24.5. The summed E-state index contributed by atoms with van der Waals surface area (Å²) >= 11 is 0. The summed E-state index contributed by atoms with van der Waals surface area (Å²) < 4.78 is 5.79. The summed E-state index contributed by atoms with van der Waals surface area (Å²) in [5, 5.41) is 6.10. The first-order chi connectivity index (χ1) is 14.8. The van der Waals surface area contributed by atoms with Crippen LogP contribution in [0.25, 0.3) is 0 Å². The van der Waals surface area contributed by atoms with Gasteiger partial charge in [0.15, 0.2) is 0 Å². The van der Waals surface area contributed by atoms with Crippen LogP contribution in [0.4, 0.5) is 11.4 Å². The monoisotopic (exact) mass is 396 g/mol. The highest BCUT2D eigenvalue weighted by atomic mass is 16.5. The second-order valence-corrected chi connectivity index (χ2v) is 6.54. The first-order valence-electron chi connectivity index (χ1n) is 9.49. The van der Waals surface area contributed by atoms with Crippen molar-refractivity contribution in [3.05, 3.63) is 109 Å². The maximum atomic E-state index is 12.2. The van der Waals surface area contributed by atoms with E-state index in [1.54, 1.807) is 24.7 Å². The van der Waals surface area contributed by atoms with Crippen molar-refractivity contribution in [2.24, 2.45) is 0 Å². The van der Waals surface area contributed by atoms with Crippen LogP contribution in [-0.4, -0.2) is 15.9 Å². The van der Waals surface area contributed by atoms with Gasteiger partial charge in [0.25, 0.3) is 5.91 Å². The highest BCUT2D eigenvalue weighted by Gasteiger charge is 2.07. The maximum Gasteiger partial charge on any atom is 0.270 e. The lowest BCUT2D eigenvalue weighted by Crippen LogP contribution is -2.23. The predicted molar refractivity (Wildman–Crippen MR) is 116 cm³/mol. The second-order valence-electron chi connectivity index (χ2n) is 6.54. The van der Waals surface area contributed by atoms with Gasteiger partial charge < -0.3 is 15.4 Å². The van der Waals surface area contributed by atoms with Crippen LogP contribution in [0.15, 0.2) is 97.5 Å². The zero-order chi connectivity index (χ0) is 20.6. The third-order valence-corrected chi connectivity index (χ3v) is 4.29. The molecule has 0 atom stereocenters. The Morgan fingerprint density at radius 3 is 2.27 bits per heavy atom. The van der Waals surface area contributed by atoms with Crippen LogP contribution >= 0.6 is 0 Å². The lowest BCUT2D eigenvalue weighted by Gasteiger charge is -2.09. The second kappa shape index (κ2) is 9.34. The Labute approximate surface area is 174 Å². The van der Waals surface area contributed by atoms with Crippen LogP contribution in [0.3, 0.4) is 0 Å². The summed E-state index contributed by atoms with van der Waals surface area (Å²) in [6.45, 7) is 0.408. The van der Waals surface area contributed by atoms with Gasteiger partial charge in [0.2, 0.25) is 0 Å². The molecular weight excluding hydrogens is 376 g/mol. The number of para-hydroxylation sites is 1. The minimum absolute atomic E-state index is 0.229. The zero-order valence-electron chi connectivity index (χ0n) is 16.2. The molecule has 4 rings (SSSR count). The number of amides is 1. The van der Waals surface area contributed by atoms with Crippen molar-refractivity contribution in [3.8, 4) is 11.5 Å². The van der Waals surface area contributed by atoms with Gasteiger partial charge in [-0.1, -0.05) is 24.3 Å². The van der Waals surface area contributed by atoms with Gasteiger partial charge in [-0.3, -0.25) is 9.78 Å². The molecule has 148 valence electrons. The lowest BCUT2D eigenvalue weighted by molar-refractivity contribution is 0.0946. The number of ether oxygens (including phenoxy) is 1. The Balaban J connectivity index is 1.32. The van der Waals surface area contributed by atoms with Gasteiger partial charge >= 0.3 is 0 Å². The minimum Gasteiger partial charge on any atom is -0.457 e. The van der Waals surface area contributed by atoms with E-state index in [1.807, 2.05) is 72.8 Å². The van der Waals surface area contributed by atoms with E-state index < -0.39 is 0 Å². The maximum absolute atomic E-state index is 12.2. The fourth-order valence-corrected chi connectivity index (χ4v) is 2.78. The van der Waals surface area contributed by atoms with Gasteiger partial charge in [-0.05, 0) is 60.2 Å². The molecule has 0 fully saturated rings. The van der Waals surface area contributed by atoms with Crippen LogP contribution < -0.4 is 15.4 Å². The quantitative estimate of drug-likeness (QED) is 0.463. The number of anilines is 2. The van der Waals surface area contributed by atoms with E-state index in [0.717, 1.165) is 28.4 Å². The van der Waals surface area contributed by atoms with Crippen LogP contribution in [0.1, 0.15) is 16.1 Å². The molecule has 0 bridgehead atoms. The summed E-state index contributed by atoms with van der Waals surface area (Å²) in [5.41, 5.74) is 2.97. The van der Waals surface area contributed by atoms with Crippen LogP contribution in [0.2, 0.25) is 0 Å². The van der Waals surface area contributed by atoms with Gasteiger partial charge in [-0.25, -0.2) is 4.98 Å². The molecule has 2 aromatic carbocycles. The van der Waals surface area contributed by atoms with Gasteiger partial charge in [0.05, 0.1) is 11.9 Å². The summed E-state index contributed by atoms with van der Waals surface area (Å²) in [4.78, 5) is 20.5. The number of benzene rings is 2. The van der Waals surface area contributed by atoms with E-state index in [1.165, 1.54) is 0 Å². The first-order valence-corrected chi connectivity index (χ1v) is 9.49. The molecule has 4 aromatic rings. The van der Waals surface area contributed by atoms with E-state index in [2.05, 4.69) is 20.6 Å². The summed E-state index contributed by atoms with van der Waals surface area (Å²) in [6.07, 6.45) is 5.05. The molecule has 0 aliphatic carbocycles. The van der Waals surface area contributed by atoms with Crippen molar-refractivity contribution in [2.45, 2.75) is 6.54 Å². The Bertz CT molecular complexity index is 1080. The number of hydrogen-bond donors (Lipinski definition) is 2. The Hall–Kier alpha value is -4.19. The smallest absolute Gasteiger partial charge is 0.270 e. The zero-order valence-corrected chi connectivity index (χ0v) is 16.2. The molecule has 2 N–H and O–H groups in total. The standard InChI is InChI=1S/C24H20N4O2/c29-24(27-16-18-5-4-14-25-15-18)23-13-10-20(17-26-23)28-19-8-11-22(12-9-19)30-21-6-2-1-3-7-21/h1-15,17,28H,16H2,(H,27,29). The molecule has 6 nitrogen and oxygen atoms in total. The number of rotatable bonds is 7. The number of hydrogen-bond acceptors (Lipinski definition) is 5. The van der Waals surface area contributed by atoms with Crippen LogP contribution in [0, 0.1) is 0 Å². The van der Waals surface area contributed by atoms with Gasteiger partial charge in [0.1, 0.15) is 17.2 Å². The molecular formula is C24H20N4O2. The van der Waals surface area contributed by atoms with Crippen molar-refractivity contribution >= 4 is 17.3 Å². The topological polar surface area (TPSA) is 76.1 Å². The Morgan fingerprint density at radius 1 is 0.800 bits per heavy atom. The summed E-state index contributed by atoms with van der Waals surface area (Å²) in [7, 11) is 0. The highest BCUT2D eigenvalue weighted by Crippen LogP contribution is 2.24. The van der Waals surface area contributed by atoms with Gasteiger partial charge in [0, 0.05) is 24.6 Å². The van der Waals surface area contributed by atoms with Gasteiger partial charge in [-0.15, -0.1) is 0 Å². The van der Waals surface area contributed by atoms with Gasteiger partial charge in [-0.2, -0.15) is 0 Å². The molecule has 0 radical (unpaired) electrons. The number of pyridine rings is 2. The van der Waals surface area contributed by atoms with Crippen molar-refractivity contribution in [3.63, 3.8) is 0 Å². The third-order valence-electron chi connectivity index (χ3n) is 4.29. The number of aromatic nitrogens is 2. The van der Waals surface area contributed by atoms with E-state index in [4.69, 9.17) is 4.74 Å². The predicted octanol–water partition coefficient (Wildman–Crippen LogP) is 4.94. The molecule has 2 heterocycles. The third kappa shape index (κ3) is 5.20. The molecule has 0 saturated heterocycles. The molecule has 6 heteroatoms. The average molecular weight is 396 g/mol. The van der Waals surface area contributed by atoms with Crippen molar-refractivity contribution in [1.82, 2.24) is 15.3 Å². The number of carbonyl (C=O) groups is 1. The largest absolute Gasteiger partial charge is 0.457 e. The molecule has 0 aliphatic rings. The SMILES string of the molecule is O=C(NCc1cccnc1)c1ccc(Nc2ccc(Oc3ccccc3)cc2)cn1. The number of nitrogens with one attached hydrogen (secondary N) is 2. The van der Waals surface area contributed by atoms with Crippen LogP contribution in [0.5, 0.6) is 11.5 Å². The lowest BCUT2D eigenvalue weighted by atomic mass is 10.2.